The zero-order valence-corrected chi connectivity index (χ0v) is 21.6. The van der Waals surface area contributed by atoms with Crippen molar-refractivity contribution >= 4 is 45.0 Å². The van der Waals surface area contributed by atoms with Crippen molar-refractivity contribution in [3.8, 4) is 5.75 Å². The number of benzene rings is 1. The molecule has 1 aromatic carbocycles. The molecular weight excluding hydrogens is 458 g/mol. The number of nitrogens with zero attached hydrogens (tertiary/aromatic N) is 3. The van der Waals surface area contributed by atoms with Gasteiger partial charge >= 0.3 is 0 Å². The molecule has 0 atom stereocenters. The number of aryl methyl sites for hydroxylation is 1. The van der Waals surface area contributed by atoms with Crippen LogP contribution in [0.1, 0.15) is 41.6 Å². The van der Waals surface area contributed by atoms with E-state index in [1.54, 1.807) is 32.7 Å². The van der Waals surface area contributed by atoms with E-state index in [1.165, 1.54) is 28.0 Å². The molecule has 0 aliphatic rings. The number of thiophene rings is 1. The van der Waals surface area contributed by atoms with Gasteiger partial charge in [0, 0.05) is 19.5 Å². The molecule has 0 spiro atoms. The quantitative estimate of drug-likeness (QED) is 0.366. The van der Waals surface area contributed by atoms with Crippen LogP contribution in [0.5, 0.6) is 5.75 Å². The summed E-state index contributed by atoms with van der Waals surface area (Å²) in [6.07, 6.45) is 0. The largest absolute Gasteiger partial charge is 0.497 e. The second-order valence-electron chi connectivity index (χ2n) is 9.03. The van der Waals surface area contributed by atoms with Gasteiger partial charge in [0.1, 0.15) is 16.4 Å². The minimum Gasteiger partial charge on any atom is -0.497 e. The van der Waals surface area contributed by atoms with E-state index in [0.29, 0.717) is 32.4 Å². The van der Waals surface area contributed by atoms with E-state index in [-0.39, 0.29) is 23.0 Å². The number of ketones is 1. The molecule has 176 valence electrons. The number of amides is 1. The molecule has 0 aliphatic heterocycles. The van der Waals surface area contributed by atoms with Crippen LogP contribution in [0.3, 0.4) is 0 Å². The third-order valence-electron chi connectivity index (χ3n) is 5.28. The van der Waals surface area contributed by atoms with Gasteiger partial charge in [0.2, 0.25) is 0 Å². The molecule has 33 heavy (non-hydrogen) atoms. The van der Waals surface area contributed by atoms with Crippen molar-refractivity contribution in [3.05, 3.63) is 50.6 Å². The van der Waals surface area contributed by atoms with Gasteiger partial charge in [-0.3, -0.25) is 19.0 Å². The van der Waals surface area contributed by atoms with E-state index in [2.05, 4.69) is 0 Å². The Hall–Kier alpha value is -2.65. The van der Waals surface area contributed by atoms with E-state index in [1.807, 2.05) is 45.0 Å². The molecule has 2 heterocycles. The van der Waals surface area contributed by atoms with Crippen LogP contribution in [0.4, 0.5) is 0 Å². The molecule has 0 radical (unpaired) electrons. The Kier molecular flexibility index (Phi) is 7.33. The zero-order valence-electron chi connectivity index (χ0n) is 20.0. The van der Waals surface area contributed by atoms with Crippen molar-refractivity contribution in [1.29, 1.82) is 0 Å². The summed E-state index contributed by atoms with van der Waals surface area (Å²) >= 11 is 2.47. The summed E-state index contributed by atoms with van der Waals surface area (Å²) in [6, 6.07) is 7.47. The first-order valence-electron chi connectivity index (χ1n) is 10.5. The lowest BCUT2D eigenvalue weighted by Crippen LogP contribution is -2.26. The summed E-state index contributed by atoms with van der Waals surface area (Å²) in [5.41, 5.74) is 0.842. The maximum absolute atomic E-state index is 13.6. The Morgan fingerprint density at radius 3 is 2.36 bits per heavy atom. The predicted octanol–water partition coefficient (Wildman–Crippen LogP) is 4.23. The lowest BCUT2D eigenvalue weighted by Gasteiger charge is -2.17. The number of ether oxygens (including phenoxy) is 1. The molecule has 0 unspecified atom stereocenters. The van der Waals surface area contributed by atoms with E-state index in [9.17, 15) is 14.4 Å². The van der Waals surface area contributed by atoms with Crippen LogP contribution in [0, 0.1) is 12.3 Å². The molecular formula is C24H29N3O4S2. The minimum absolute atomic E-state index is 0.0729. The molecule has 0 saturated heterocycles. The summed E-state index contributed by atoms with van der Waals surface area (Å²) in [6.45, 7) is 7.70. The fourth-order valence-corrected chi connectivity index (χ4v) is 5.52. The maximum Gasteiger partial charge on any atom is 0.263 e. The third-order valence-corrected chi connectivity index (χ3v) is 7.43. The van der Waals surface area contributed by atoms with E-state index in [4.69, 9.17) is 9.72 Å². The smallest absolute Gasteiger partial charge is 0.263 e. The van der Waals surface area contributed by atoms with Gasteiger partial charge in [0.25, 0.3) is 11.5 Å². The summed E-state index contributed by atoms with van der Waals surface area (Å²) in [5, 5.41) is 0.913. The number of thioether (sulfide) groups is 1. The molecule has 0 N–H and O–H groups in total. The molecule has 1 amide bonds. The molecule has 3 rings (SSSR count). The predicted molar refractivity (Wildman–Crippen MR) is 134 cm³/mol. The first-order valence-corrected chi connectivity index (χ1v) is 12.3. The Morgan fingerprint density at radius 2 is 1.82 bits per heavy atom. The highest BCUT2D eigenvalue weighted by molar-refractivity contribution is 7.99. The second kappa shape index (κ2) is 9.69. The van der Waals surface area contributed by atoms with E-state index >= 15 is 0 Å². The van der Waals surface area contributed by atoms with Gasteiger partial charge in [0.15, 0.2) is 5.16 Å². The van der Waals surface area contributed by atoms with Crippen LogP contribution in [0.15, 0.2) is 34.2 Å². The number of carbonyl (C=O) groups excluding carboxylic acids is 2. The average Bonchev–Trinajstić information content (AvgIpc) is 3.09. The summed E-state index contributed by atoms with van der Waals surface area (Å²) < 4.78 is 6.82. The fraction of sp³-hybridized carbons (Fsp3) is 0.417. The van der Waals surface area contributed by atoms with Gasteiger partial charge < -0.3 is 9.64 Å². The summed E-state index contributed by atoms with van der Waals surface area (Å²) in [4.78, 5) is 46.1. The van der Waals surface area contributed by atoms with Gasteiger partial charge in [-0.1, -0.05) is 44.7 Å². The zero-order chi connectivity index (χ0) is 24.5. The van der Waals surface area contributed by atoms with Crippen molar-refractivity contribution in [2.45, 2.75) is 39.4 Å². The Balaban J connectivity index is 2.13. The molecule has 7 nitrogen and oxygen atoms in total. The van der Waals surface area contributed by atoms with Crippen LogP contribution >= 0.6 is 23.1 Å². The fourth-order valence-electron chi connectivity index (χ4n) is 3.11. The molecule has 0 saturated carbocycles. The number of fused-ring (bicyclic) bond motifs is 1. The summed E-state index contributed by atoms with van der Waals surface area (Å²) in [7, 11) is 4.96. The van der Waals surface area contributed by atoms with Crippen molar-refractivity contribution in [1.82, 2.24) is 14.5 Å². The first-order chi connectivity index (χ1) is 15.4. The van der Waals surface area contributed by atoms with Crippen LogP contribution in [0.25, 0.3) is 10.2 Å². The first kappa shape index (κ1) is 25.0. The van der Waals surface area contributed by atoms with Gasteiger partial charge in [0.05, 0.1) is 29.7 Å². The highest BCUT2D eigenvalue weighted by atomic mass is 32.2. The number of Topliss-reactive ketones (excluding diaryl/α,β-unsaturated/α-hetero) is 1. The van der Waals surface area contributed by atoms with Crippen molar-refractivity contribution in [2.24, 2.45) is 5.41 Å². The van der Waals surface area contributed by atoms with Crippen molar-refractivity contribution < 1.29 is 14.3 Å². The third kappa shape index (κ3) is 5.30. The summed E-state index contributed by atoms with van der Waals surface area (Å²) in [5.74, 6) is 0.848. The monoisotopic (exact) mass is 487 g/mol. The van der Waals surface area contributed by atoms with E-state index < -0.39 is 5.41 Å². The Morgan fingerprint density at radius 1 is 1.18 bits per heavy atom. The van der Waals surface area contributed by atoms with Crippen molar-refractivity contribution in [2.75, 3.05) is 27.0 Å². The standard InChI is InChI=1S/C24H29N3O4S2/c1-14-18-20(33-19(14)22(30)26(5)6)25-23(32-13-17(28)24(2,3)4)27(21(18)29)12-15-8-10-16(31-7)11-9-15/h8-11H,12-13H2,1-7H3. The lowest BCUT2D eigenvalue weighted by molar-refractivity contribution is -0.123. The van der Waals surface area contributed by atoms with E-state index in [0.717, 1.165) is 11.3 Å². The van der Waals surface area contributed by atoms with Crippen molar-refractivity contribution in [3.63, 3.8) is 0 Å². The SMILES string of the molecule is COc1ccc(Cn2c(SCC(=O)C(C)(C)C)nc3sc(C(=O)N(C)C)c(C)c3c2=O)cc1. The van der Waals surface area contributed by atoms with Gasteiger partial charge in [-0.05, 0) is 30.2 Å². The minimum atomic E-state index is -0.483. The highest BCUT2D eigenvalue weighted by Crippen LogP contribution is 2.31. The van der Waals surface area contributed by atoms with Gasteiger partial charge in [-0.25, -0.2) is 4.98 Å². The molecule has 0 fully saturated rings. The lowest BCUT2D eigenvalue weighted by atomic mass is 9.92. The van der Waals surface area contributed by atoms with Gasteiger partial charge in [-0.2, -0.15) is 0 Å². The maximum atomic E-state index is 13.6. The Labute approximate surface area is 201 Å². The van der Waals surface area contributed by atoms with Crippen LogP contribution < -0.4 is 10.3 Å². The number of hydrogen-bond acceptors (Lipinski definition) is 7. The molecule has 0 aliphatic carbocycles. The Bertz CT molecular complexity index is 1250. The highest BCUT2D eigenvalue weighted by Gasteiger charge is 2.25. The number of methoxy groups -OCH3 is 1. The average molecular weight is 488 g/mol. The van der Waals surface area contributed by atoms with Crippen LogP contribution in [0.2, 0.25) is 0 Å². The van der Waals surface area contributed by atoms with Gasteiger partial charge in [-0.15, -0.1) is 11.3 Å². The van der Waals surface area contributed by atoms with Crippen LogP contribution in [-0.2, 0) is 11.3 Å². The number of aromatic nitrogens is 2. The second-order valence-corrected chi connectivity index (χ2v) is 11.0. The normalized spacial score (nSPS) is 11.6. The molecule has 0 bridgehead atoms. The molecule has 3 aromatic rings. The molecule has 2 aromatic heterocycles. The number of rotatable bonds is 7. The van der Waals surface area contributed by atoms with Crippen LogP contribution in [-0.4, -0.2) is 53.1 Å². The number of hydrogen-bond donors (Lipinski definition) is 0. The molecule has 9 heteroatoms. The topological polar surface area (TPSA) is 81.5 Å². The number of carbonyl (C=O) groups is 2.